The molecule has 0 bridgehead atoms. The fraction of sp³-hybridized carbons (Fsp3) is 0.0714. The van der Waals surface area contributed by atoms with Crippen molar-refractivity contribution < 1.29 is 0 Å². The Labute approximate surface area is 104 Å². The van der Waals surface area contributed by atoms with Crippen molar-refractivity contribution in [1.29, 1.82) is 0 Å². The highest BCUT2D eigenvalue weighted by Crippen LogP contribution is 2.29. The van der Waals surface area contributed by atoms with Crippen LogP contribution in [0.1, 0.15) is 5.56 Å². The van der Waals surface area contributed by atoms with E-state index in [2.05, 4.69) is 4.98 Å². The van der Waals surface area contributed by atoms with E-state index in [1.54, 1.807) is 0 Å². The minimum absolute atomic E-state index is 0.547. The summed E-state index contributed by atoms with van der Waals surface area (Å²) in [5, 5.41) is 0.547. The van der Waals surface area contributed by atoms with Crippen molar-refractivity contribution in [2.24, 2.45) is 0 Å². The molecule has 0 aliphatic heterocycles. The van der Waals surface area contributed by atoms with Gasteiger partial charge < -0.3 is 0 Å². The average molecular weight is 243 g/mol. The largest absolute Gasteiger partial charge is 0.298 e. The first-order valence-corrected chi connectivity index (χ1v) is 5.84. The van der Waals surface area contributed by atoms with Gasteiger partial charge in [-0.2, -0.15) is 0 Å². The van der Waals surface area contributed by atoms with Gasteiger partial charge in [0.2, 0.25) is 0 Å². The molecule has 0 N–H and O–H groups in total. The van der Waals surface area contributed by atoms with Gasteiger partial charge in [-0.3, -0.25) is 4.40 Å². The molecule has 0 radical (unpaired) electrons. The Kier molecular flexibility index (Phi) is 2.37. The second kappa shape index (κ2) is 3.90. The summed E-state index contributed by atoms with van der Waals surface area (Å²) in [7, 11) is 0. The number of pyridine rings is 1. The van der Waals surface area contributed by atoms with Crippen LogP contribution in [-0.2, 0) is 0 Å². The fourth-order valence-electron chi connectivity index (χ4n) is 2.03. The minimum Gasteiger partial charge on any atom is -0.298 e. The monoisotopic (exact) mass is 242 g/mol. The highest BCUT2D eigenvalue weighted by atomic mass is 35.5. The molecular weight excluding hydrogens is 232 g/mol. The summed E-state index contributed by atoms with van der Waals surface area (Å²) in [6.45, 7) is 2.04. The number of aromatic nitrogens is 2. The van der Waals surface area contributed by atoms with Gasteiger partial charge in [0.1, 0.15) is 5.65 Å². The molecule has 1 aromatic carbocycles. The van der Waals surface area contributed by atoms with Crippen molar-refractivity contribution in [2.75, 3.05) is 0 Å². The van der Waals surface area contributed by atoms with E-state index in [0.29, 0.717) is 5.15 Å². The summed E-state index contributed by atoms with van der Waals surface area (Å²) < 4.78 is 2.03. The zero-order valence-corrected chi connectivity index (χ0v) is 10.1. The van der Waals surface area contributed by atoms with Crippen molar-refractivity contribution >= 4 is 17.2 Å². The van der Waals surface area contributed by atoms with Gasteiger partial charge in [-0.25, -0.2) is 4.98 Å². The summed E-state index contributed by atoms with van der Waals surface area (Å²) >= 11 is 6.24. The van der Waals surface area contributed by atoms with Crippen LogP contribution >= 0.6 is 11.6 Å². The molecule has 0 aliphatic rings. The molecule has 2 heterocycles. The highest BCUT2D eigenvalue weighted by Gasteiger charge is 2.12. The van der Waals surface area contributed by atoms with E-state index in [-0.39, 0.29) is 0 Å². The van der Waals surface area contributed by atoms with Crippen LogP contribution < -0.4 is 0 Å². The van der Waals surface area contributed by atoms with Crippen molar-refractivity contribution in [3.8, 4) is 11.3 Å². The van der Waals surface area contributed by atoms with Gasteiger partial charge >= 0.3 is 0 Å². The van der Waals surface area contributed by atoms with Crippen LogP contribution in [0.5, 0.6) is 0 Å². The second-order valence-electron chi connectivity index (χ2n) is 4.00. The quantitative estimate of drug-likeness (QED) is 0.631. The number of nitrogens with zero attached hydrogens (tertiary/aromatic N) is 2. The Hall–Kier alpha value is -1.80. The van der Waals surface area contributed by atoms with Gasteiger partial charge in [0, 0.05) is 11.8 Å². The molecule has 0 saturated carbocycles. The molecule has 2 nitrogen and oxygen atoms in total. The normalized spacial score (nSPS) is 10.9. The molecule has 0 aliphatic carbocycles. The van der Waals surface area contributed by atoms with Crippen LogP contribution in [0, 0.1) is 6.92 Å². The molecule has 0 atom stereocenters. The van der Waals surface area contributed by atoms with Crippen LogP contribution in [0.25, 0.3) is 16.9 Å². The van der Waals surface area contributed by atoms with E-state index >= 15 is 0 Å². The standard InChI is InChI=1S/C14H11ClN2/c1-10-6-5-9-17-12(13(15)16-14(10)17)11-7-3-2-4-8-11/h2-9H,1H3. The molecule has 0 amide bonds. The third-order valence-corrected chi connectivity index (χ3v) is 3.11. The summed E-state index contributed by atoms with van der Waals surface area (Å²) in [6.07, 6.45) is 1.99. The lowest BCUT2D eigenvalue weighted by Crippen LogP contribution is -1.89. The van der Waals surface area contributed by atoms with Gasteiger partial charge in [-0.15, -0.1) is 0 Å². The predicted molar refractivity (Wildman–Crippen MR) is 70.4 cm³/mol. The number of fused-ring (bicyclic) bond motifs is 1. The summed E-state index contributed by atoms with van der Waals surface area (Å²) in [5.74, 6) is 0. The Balaban J connectivity index is 2.37. The number of rotatable bonds is 1. The third kappa shape index (κ3) is 1.61. The number of imidazole rings is 1. The Morgan fingerprint density at radius 2 is 1.82 bits per heavy atom. The molecule has 2 aromatic heterocycles. The van der Waals surface area contributed by atoms with E-state index in [4.69, 9.17) is 11.6 Å². The number of hydrogen-bond acceptors (Lipinski definition) is 1. The molecule has 84 valence electrons. The predicted octanol–water partition coefficient (Wildman–Crippen LogP) is 3.96. The van der Waals surface area contributed by atoms with Gasteiger partial charge in [-0.1, -0.05) is 48.0 Å². The SMILES string of the molecule is Cc1cccn2c(-c3ccccc3)c(Cl)nc12. The zero-order valence-electron chi connectivity index (χ0n) is 9.39. The lowest BCUT2D eigenvalue weighted by Gasteiger charge is -2.03. The van der Waals surface area contributed by atoms with Crippen molar-refractivity contribution in [1.82, 2.24) is 9.38 Å². The van der Waals surface area contributed by atoms with Crippen LogP contribution in [0.4, 0.5) is 0 Å². The summed E-state index contributed by atoms with van der Waals surface area (Å²) in [4.78, 5) is 4.42. The Morgan fingerprint density at radius 1 is 1.06 bits per heavy atom. The summed E-state index contributed by atoms with van der Waals surface area (Å²) in [6, 6.07) is 14.1. The van der Waals surface area contributed by atoms with E-state index in [1.165, 1.54) is 0 Å². The highest BCUT2D eigenvalue weighted by molar-refractivity contribution is 6.32. The van der Waals surface area contributed by atoms with Gasteiger partial charge in [0.15, 0.2) is 5.15 Å². The molecule has 3 aromatic rings. The second-order valence-corrected chi connectivity index (χ2v) is 4.36. The van der Waals surface area contributed by atoms with Crippen LogP contribution in [0.15, 0.2) is 48.7 Å². The number of benzene rings is 1. The molecular formula is C14H11ClN2. The topological polar surface area (TPSA) is 17.3 Å². The molecule has 0 fully saturated rings. The van der Waals surface area contributed by atoms with Gasteiger partial charge in [-0.05, 0) is 18.6 Å². The summed E-state index contributed by atoms with van der Waals surface area (Å²) in [5.41, 5.74) is 4.06. The number of hydrogen-bond donors (Lipinski definition) is 0. The fourth-order valence-corrected chi connectivity index (χ4v) is 2.31. The maximum Gasteiger partial charge on any atom is 0.156 e. The van der Waals surface area contributed by atoms with Crippen molar-refractivity contribution in [3.63, 3.8) is 0 Å². The Bertz CT molecular complexity index is 671. The first-order valence-electron chi connectivity index (χ1n) is 5.46. The lowest BCUT2D eigenvalue weighted by atomic mass is 10.2. The van der Waals surface area contributed by atoms with E-state index < -0.39 is 0 Å². The van der Waals surface area contributed by atoms with Crippen molar-refractivity contribution in [2.45, 2.75) is 6.92 Å². The van der Waals surface area contributed by atoms with E-state index in [1.807, 2.05) is 60.0 Å². The molecule has 0 spiro atoms. The first-order chi connectivity index (χ1) is 8.27. The maximum atomic E-state index is 6.24. The average Bonchev–Trinajstić information content (AvgIpc) is 2.68. The Morgan fingerprint density at radius 3 is 2.59 bits per heavy atom. The molecule has 0 saturated heterocycles. The van der Waals surface area contributed by atoms with Crippen LogP contribution in [0.2, 0.25) is 5.15 Å². The number of aryl methyl sites for hydroxylation is 1. The first kappa shape index (κ1) is 10.4. The molecule has 17 heavy (non-hydrogen) atoms. The van der Waals surface area contributed by atoms with E-state index in [0.717, 1.165) is 22.5 Å². The van der Waals surface area contributed by atoms with Crippen molar-refractivity contribution in [3.05, 3.63) is 59.4 Å². The molecule has 0 unspecified atom stereocenters. The number of halogens is 1. The zero-order chi connectivity index (χ0) is 11.8. The van der Waals surface area contributed by atoms with E-state index in [9.17, 15) is 0 Å². The van der Waals surface area contributed by atoms with Gasteiger partial charge in [0.05, 0.1) is 5.69 Å². The van der Waals surface area contributed by atoms with Gasteiger partial charge in [0.25, 0.3) is 0 Å². The maximum absolute atomic E-state index is 6.24. The lowest BCUT2D eigenvalue weighted by molar-refractivity contribution is 1.17. The van der Waals surface area contributed by atoms with Crippen LogP contribution in [-0.4, -0.2) is 9.38 Å². The third-order valence-electron chi connectivity index (χ3n) is 2.85. The smallest absolute Gasteiger partial charge is 0.156 e. The molecule has 3 heteroatoms. The van der Waals surface area contributed by atoms with Crippen LogP contribution in [0.3, 0.4) is 0 Å². The molecule has 3 rings (SSSR count). The minimum atomic E-state index is 0.547.